The maximum absolute atomic E-state index is 13.7. The van der Waals surface area contributed by atoms with Crippen LogP contribution in [0.2, 0.25) is 0 Å². The SMILES string of the molecule is CCOc1ccc(C2C3=C(OC4CCCCC4C3=O)C(=O)N2CCCOC(C)C)cc1OC. The number of carbonyl (C=O) groups is 2. The van der Waals surface area contributed by atoms with E-state index < -0.39 is 6.04 Å². The highest BCUT2D eigenvalue weighted by Gasteiger charge is 2.51. The van der Waals surface area contributed by atoms with Gasteiger partial charge in [-0.15, -0.1) is 0 Å². The molecule has 4 rings (SSSR count). The van der Waals surface area contributed by atoms with Gasteiger partial charge in [0, 0.05) is 13.2 Å². The molecule has 1 aromatic rings. The van der Waals surface area contributed by atoms with E-state index in [1.165, 1.54) is 0 Å². The fourth-order valence-corrected chi connectivity index (χ4v) is 5.15. The van der Waals surface area contributed by atoms with Crippen molar-refractivity contribution in [2.24, 2.45) is 5.92 Å². The summed E-state index contributed by atoms with van der Waals surface area (Å²) in [6, 6.07) is 5.14. The van der Waals surface area contributed by atoms with Gasteiger partial charge in [-0.05, 0) is 64.2 Å². The lowest BCUT2D eigenvalue weighted by Gasteiger charge is -2.35. The first-order valence-electron chi connectivity index (χ1n) is 12.1. The summed E-state index contributed by atoms with van der Waals surface area (Å²) in [4.78, 5) is 28.9. The first kappa shape index (κ1) is 23.6. The number of rotatable bonds is 9. The Bertz CT molecular complexity index is 923. The Morgan fingerprint density at radius 2 is 1.94 bits per heavy atom. The molecule has 7 heteroatoms. The second kappa shape index (κ2) is 10.2. The maximum atomic E-state index is 13.7. The summed E-state index contributed by atoms with van der Waals surface area (Å²) in [5.41, 5.74) is 1.32. The number of Topliss-reactive ketones (excluding diaryl/α,β-unsaturated/α-hetero) is 1. The Labute approximate surface area is 196 Å². The Morgan fingerprint density at radius 1 is 1.15 bits per heavy atom. The average Bonchev–Trinajstić information content (AvgIpc) is 3.09. The van der Waals surface area contributed by atoms with Crippen LogP contribution >= 0.6 is 0 Å². The van der Waals surface area contributed by atoms with Gasteiger partial charge in [0.15, 0.2) is 23.0 Å². The van der Waals surface area contributed by atoms with E-state index in [0.29, 0.717) is 43.3 Å². The largest absolute Gasteiger partial charge is 0.493 e. The number of benzene rings is 1. The van der Waals surface area contributed by atoms with Gasteiger partial charge < -0.3 is 23.8 Å². The quantitative estimate of drug-likeness (QED) is 0.518. The van der Waals surface area contributed by atoms with Crippen molar-refractivity contribution in [3.63, 3.8) is 0 Å². The van der Waals surface area contributed by atoms with Crippen molar-refractivity contribution in [3.8, 4) is 11.5 Å². The molecule has 1 aliphatic carbocycles. The minimum Gasteiger partial charge on any atom is -0.493 e. The van der Waals surface area contributed by atoms with Gasteiger partial charge >= 0.3 is 0 Å². The van der Waals surface area contributed by atoms with Crippen molar-refractivity contribution >= 4 is 11.7 Å². The van der Waals surface area contributed by atoms with E-state index in [2.05, 4.69) is 0 Å². The zero-order valence-corrected chi connectivity index (χ0v) is 20.1. The van der Waals surface area contributed by atoms with E-state index in [-0.39, 0.29) is 35.6 Å². The van der Waals surface area contributed by atoms with Gasteiger partial charge in [-0.25, -0.2) is 0 Å². The molecule has 1 amide bonds. The number of ether oxygens (including phenoxy) is 4. The molecule has 3 unspecified atom stereocenters. The molecule has 3 atom stereocenters. The number of hydrogen-bond donors (Lipinski definition) is 0. The van der Waals surface area contributed by atoms with Crippen molar-refractivity contribution in [1.82, 2.24) is 4.90 Å². The van der Waals surface area contributed by atoms with Crippen LogP contribution in [0.3, 0.4) is 0 Å². The Balaban J connectivity index is 1.69. The van der Waals surface area contributed by atoms with Gasteiger partial charge in [0.05, 0.1) is 37.4 Å². The van der Waals surface area contributed by atoms with Gasteiger partial charge in [0.2, 0.25) is 0 Å². The molecular formula is C26H35NO6. The molecule has 0 bridgehead atoms. The average molecular weight is 458 g/mol. The van der Waals surface area contributed by atoms with Crippen LogP contribution in [0.5, 0.6) is 11.5 Å². The van der Waals surface area contributed by atoms with Gasteiger partial charge in [-0.1, -0.05) is 12.5 Å². The normalized spacial score (nSPS) is 24.6. The minimum absolute atomic E-state index is 0.0630. The Morgan fingerprint density at radius 3 is 2.67 bits per heavy atom. The number of fused-ring (bicyclic) bond motifs is 1. The van der Waals surface area contributed by atoms with E-state index in [0.717, 1.165) is 31.2 Å². The van der Waals surface area contributed by atoms with Crippen molar-refractivity contribution in [3.05, 3.63) is 35.1 Å². The summed E-state index contributed by atoms with van der Waals surface area (Å²) in [6.07, 6.45) is 4.31. The number of methoxy groups -OCH3 is 1. The Kier molecular flexibility index (Phi) is 7.27. The van der Waals surface area contributed by atoms with E-state index in [1.54, 1.807) is 12.0 Å². The standard InChI is InChI=1S/C26H35NO6/c1-5-31-20-12-11-17(15-21(20)30-4)23-22-24(28)18-9-6-7-10-19(18)33-25(22)26(29)27(23)13-8-14-32-16(2)3/h11-12,15-16,18-19,23H,5-10,13-14H2,1-4H3. The predicted molar refractivity (Wildman–Crippen MR) is 123 cm³/mol. The first-order valence-corrected chi connectivity index (χ1v) is 12.1. The van der Waals surface area contributed by atoms with Gasteiger partial charge in [-0.2, -0.15) is 0 Å². The van der Waals surface area contributed by atoms with E-state index in [4.69, 9.17) is 18.9 Å². The lowest BCUT2D eigenvalue weighted by Crippen LogP contribution is -2.39. The smallest absolute Gasteiger partial charge is 0.290 e. The first-order chi connectivity index (χ1) is 16.0. The number of carbonyl (C=O) groups excluding carboxylic acids is 2. The zero-order valence-electron chi connectivity index (χ0n) is 20.1. The fourth-order valence-electron chi connectivity index (χ4n) is 5.15. The minimum atomic E-state index is -0.494. The maximum Gasteiger partial charge on any atom is 0.290 e. The van der Waals surface area contributed by atoms with E-state index in [9.17, 15) is 9.59 Å². The highest BCUT2D eigenvalue weighted by molar-refractivity contribution is 6.11. The molecule has 2 aliphatic heterocycles. The molecule has 7 nitrogen and oxygen atoms in total. The van der Waals surface area contributed by atoms with Crippen LogP contribution in [0.25, 0.3) is 0 Å². The summed E-state index contributed by atoms with van der Waals surface area (Å²) in [5.74, 6) is 1.15. The molecule has 180 valence electrons. The summed E-state index contributed by atoms with van der Waals surface area (Å²) in [7, 11) is 1.59. The second-order valence-electron chi connectivity index (χ2n) is 9.17. The monoisotopic (exact) mass is 457 g/mol. The number of amides is 1. The molecule has 2 heterocycles. The van der Waals surface area contributed by atoms with Crippen LogP contribution in [0.15, 0.2) is 29.5 Å². The zero-order chi connectivity index (χ0) is 23.5. The molecule has 1 aromatic carbocycles. The lowest BCUT2D eigenvalue weighted by atomic mass is 9.77. The number of hydrogen-bond acceptors (Lipinski definition) is 6. The van der Waals surface area contributed by atoms with Crippen LogP contribution in [-0.4, -0.2) is 55.7 Å². The van der Waals surface area contributed by atoms with Crippen molar-refractivity contribution in [1.29, 1.82) is 0 Å². The molecule has 33 heavy (non-hydrogen) atoms. The molecule has 3 aliphatic rings. The lowest BCUT2D eigenvalue weighted by molar-refractivity contribution is -0.135. The molecule has 0 aromatic heterocycles. The number of ketones is 1. The molecule has 0 saturated heterocycles. The molecule has 0 spiro atoms. The van der Waals surface area contributed by atoms with Crippen LogP contribution < -0.4 is 9.47 Å². The number of nitrogens with zero attached hydrogens (tertiary/aromatic N) is 1. The van der Waals surface area contributed by atoms with Gasteiger partial charge in [0.25, 0.3) is 5.91 Å². The highest BCUT2D eigenvalue weighted by atomic mass is 16.5. The van der Waals surface area contributed by atoms with Crippen LogP contribution in [0, 0.1) is 5.92 Å². The van der Waals surface area contributed by atoms with E-state index >= 15 is 0 Å². The third-order valence-corrected chi connectivity index (χ3v) is 6.66. The topological polar surface area (TPSA) is 74.3 Å². The predicted octanol–water partition coefficient (Wildman–Crippen LogP) is 4.20. The Hall–Kier alpha value is -2.54. The highest BCUT2D eigenvalue weighted by Crippen LogP contribution is 2.47. The second-order valence-corrected chi connectivity index (χ2v) is 9.17. The van der Waals surface area contributed by atoms with Crippen LogP contribution in [-0.2, 0) is 19.1 Å². The summed E-state index contributed by atoms with van der Waals surface area (Å²) in [6.45, 7) is 7.44. The summed E-state index contributed by atoms with van der Waals surface area (Å²) >= 11 is 0. The van der Waals surface area contributed by atoms with E-state index in [1.807, 2.05) is 39.0 Å². The van der Waals surface area contributed by atoms with Crippen LogP contribution in [0.1, 0.15) is 64.5 Å². The van der Waals surface area contributed by atoms with Crippen molar-refractivity contribution < 1.29 is 28.5 Å². The molecular weight excluding hydrogens is 422 g/mol. The van der Waals surface area contributed by atoms with Crippen LogP contribution in [0.4, 0.5) is 0 Å². The molecule has 0 radical (unpaired) electrons. The fraction of sp³-hybridized carbons (Fsp3) is 0.615. The summed E-state index contributed by atoms with van der Waals surface area (Å²) in [5, 5.41) is 0. The summed E-state index contributed by atoms with van der Waals surface area (Å²) < 4.78 is 23.1. The molecule has 0 N–H and O–H groups in total. The van der Waals surface area contributed by atoms with Crippen molar-refractivity contribution in [2.45, 2.75) is 71.1 Å². The third-order valence-electron chi connectivity index (χ3n) is 6.66. The third kappa shape index (κ3) is 4.60. The van der Waals surface area contributed by atoms with Crippen molar-refractivity contribution in [2.75, 3.05) is 26.9 Å². The molecule has 1 fully saturated rings. The molecule has 1 saturated carbocycles. The van der Waals surface area contributed by atoms with Gasteiger partial charge in [-0.3, -0.25) is 9.59 Å². The van der Waals surface area contributed by atoms with Gasteiger partial charge in [0.1, 0.15) is 6.10 Å².